The van der Waals surface area contributed by atoms with E-state index in [9.17, 15) is 9.90 Å². The van der Waals surface area contributed by atoms with Gasteiger partial charge in [0.15, 0.2) is 0 Å². The third-order valence-electron chi connectivity index (χ3n) is 3.89. The van der Waals surface area contributed by atoms with Crippen LogP contribution in [0, 0.1) is 0 Å². The van der Waals surface area contributed by atoms with Gasteiger partial charge in [0.2, 0.25) is 0 Å². The Hall–Kier alpha value is -1.85. The Balaban J connectivity index is 2.85. The zero-order chi connectivity index (χ0) is 16.5. The summed E-state index contributed by atoms with van der Waals surface area (Å²) in [6, 6.07) is 3.54. The second-order valence-electron chi connectivity index (χ2n) is 6.65. The van der Waals surface area contributed by atoms with E-state index in [2.05, 4.69) is 31.5 Å². The number of fused-ring (bicyclic) bond motifs is 1. The average molecular weight is 303 g/mol. The lowest BCUT2D eigenvalue weighted by Crippen LogP contribution is -2.16. The highest BCUT2D eigenvalue weighted by molar-refractivity contribution is 5.97. The number of aromatic nitrogens is 1. The maximum atomic E-state index is 11.5. The Bertz CT molecular complexity index is 696. The van der Waals surface area contributed by atoms with Gasteiger partial charge in [0, 0.05) is 24.7 Å². The number of hydrogen-bond acceptors (Lipinski definition) is 3. The van der Waals surface area contributed by atoms with Crippen molar-refractivity contribution in [1.82, 2.24) is 4.57 Å². The summed E-state index contributed by atoms with van der Waals surface area (Å²) in [7, 11) is 0. The van der Waals surface area contributed by atoms with Gasteiger partial charge >= 0.3 is 5.97 Å². The van der Waals surface area contributed by atoms with Crippen LogP contribution in [-0.4, -0.2) is 28.7 Å². The minimum atomic E-state index is -0.905. The molecule has 0 aliphatic carbocycles. The summed E-state index contributed by atoms with van der Waals surface area (Å²) in [6.07, 6.45) is 2.78. The van der Waals surface area contributed by atoms with Gasteiger partial charge in [-0.05, 0) is 41.6 Å². The monoisotopic (exact) mass is 303 g/mol. The molecule has 0 unspecified atom stereocenters. The summed E-state index contributed by atoms with van der Waals surface area (Å²) in [5.74, 6) is -0.905. The first-order valence-corrected chi connectivity index (χ1v) is 7.59. The molecule has 0 fully saturated rings. The molecule has 5 N–H and O–H groups in total. The number of hydrogen-bond donors (Lipinski definition) is 3. The lowest BCUT2D eigenvalue weighted by atomic mass is 9.84. The van der Waals surface area contributed by atoms with Crippen LogP contribution in [0.3, 0.4) is 0 Å². The molecule has 2 rings (SSSR count). The summed E-state index contributed by atoms with van der Waals surface area (Å²) in [6.45, 7) is 8.05. The van der Waals surface area contributed by atoms with Gasteiger partial charge in [-0.15, -0.1) is 0 Å². The Labute approximate surface area is 130 Å². The van der Waals surface area contributed by atoms with Gasteiger partial charge < -0.3 is 21.1 Å². The largest absolute Gasteiger partial charge is 0.478 e. The molecule has 1 heterocycles. The van der Waals surface area contributed by atoms with Gasteiger partial charge in [-0.25, -0.2) is 4.79 Å². The standard InChI is InChI=1S/C17H25N3O2/c1-17(2,3)14-9-12(16(21)22)8-13-11(4-5-18)10-20(7-6-19)15(13)14/h8-10H,4-7,18-19H2,1-3H3,(H,21,22). The Morgan fingerprint density at radius 1 is 1.23 bits per heavy atom. The highest BCUT2D eigenvalue weighted by atomic mass is 16.4. The highest BCUT2D eigenvalue weighted by Gasteiger charge is 2.23. The molecule has 0 aliphatic rings. The molecule has 22 heavy (non-hydrogen) atoms. The van der Waals surface area contributed by atoms with E-state index >= 15 is 0 Å². The fourth-order valence-corrected chi connectivity index (χ4v) is 2.88. The second kappa shape index (κ2) is 6.10. The molecule has 5 nitrogen and oxygen atoms in total. The van der Waals surface area contributed by atoms with E-state index in [1.54, 1.807) is 12.1 Å². The zero-order valence-electron chi connectivity index (χ0n) is 13.5. The maximum absolute atomic E-state index is 11.5. The van der Waals surface area contributed by atoms with Gasteiger partial charge in [-0.2, -0.15) is 0 Å². The molecule has 0 spiro atoms. The summed E-state index contributed by atoms with van der Waals surface area (Å²) in [5.41, 5.74) is 14.8. The zero-order valence-corrected chi connectivity index (χ0v) is 13.5. The first-order valence-electron chi connectivity index (χ1n) is 7.59. The number of carboxylic acids is 1. The SMILES string of the molecule is CC(C)(C)c1cc(C(=O)O)cc2c(CCN)cn(CCN)c12. The van der Waals surface area contributed by atoms with E-state index in [4.69, 9.17) is 11.5 Å². The van der Waals surface area contributed by atoms with Crippen LogP contribution >= 0.6 is 0 Å². The number of carbonyl (C=O) groups is 1. The molecular formula is C17H25N3O2. The van der Waals surface area contributed by atoms with Crippen LogP contribution in [0.25, 0.3) is 10.9 Å². The highest BCUT2D eigenvalue weighted by Crippen LogP contribution is 2.34. The summed E-state index contributed by atoms with van der Waals surface area (Å²) in [5, 5.41) is 10.4. The Kier molecular flexibility index (Phi) is 4.58. The van der Waals surface area contributed by atoms with Crippen LogP contribution in [0.5, 0.6) is 0 Å². The first kappa shape index (κ1) is 16.5. The molecule has 0 bridgehead atoms. The van der Waals surface area contributed by atoms with Crippen LogP contribution in [-0.2, 0) is 18.4 Å². The first-order chi connectivity index (χ1) is 10.3. The number of aromatic carboxylic acids is 1. The Morgan fingerprint density at radius 2 is 1.91 bits per heavy atom. The topological polar surface area (TPSA) is 94.3 Å². The average Bonchev–Trinajstić information content (AvgIpc) is 2.76. The number of nitrogens with two attached hydrogens (primary N) is 2. The molecule has 0 radical (unpaired) electrons. The molecule has 5 heteroatoms. The van der Waals surface area contributed by atoms with Crippen molar-refractivity contribution < 1.29 is 9.90 Å². The molecule has 0 saturated heterocycles. The van der Waals surface area contributed by atoms with Crippen LogP contribution in [0.1, 0.15) is 42.3 Å². The van der Waals surface area contributed by atoms with E-state index in [-0.39, 0.29) is 5.41 Å². The second-order valence-corrected chi connectivity index (χ2v) is 6.65. The number of nitrogens with zero attached hydrogens (tertiary/aromatic N) is 1. The van der Waals surface area contributed by atoms with Crippen LogP contribution in [0.4, 0.5) is 0 Å². The third kappa shape index (κ3) is 3.00. The minimum Gasteiger partial charge on any atom is -0.478 e. The lowest BCUT2D eigenvalue weighted by Gasteiger charge is -2.22. The fourth-order valence-electron chi connectivity index (χ4n) is 2.88. The van der Waals surface area contributed by atoms with Crippen molar-refractivity contribution in [3.8, 4) is 0 Å². The number of carboxylic acid groups (broad SMARTS) is 1. The predicted molar refractivity (Wildman–Crippen MR) is 89.4 cm³/mol. The molecule has 0 aliphatic heterocycles. The van der Waals surface area contributed by atoms with Crippen molar-refractivity contribution in [2.75, 3.05) is 13.1 Å². The molecule has 2 aromatic rings. The van der Waals surface area contributed by atoms with Gasteiger partial charge in [0.05, 0.1) is 11.1 Å². The van der Waals surface area contributed by atoms with E-state index in [0.29, 0.717) is 25.2 Å². The van der Waals surface area contributed by atoms with Gasteiger partial charge in [-0.3, -0.25) is 0 Å². The van der Waals surface area contributed by atoms with E-state index in [1.165, 1.54) is 0 Å². The van der Waals surface area contributed by atoms with E-state index < -0.39 is 5.97 Å². The van der Waals surface area contributed by atoms with Gasteiger partial charge in [0.1, 0.15) is 0 Å². The van der Waals surface area contributed by atoms with Crippen molar-refractivity contribution in [2.24, 2.45) is 11.5 Å². The number of benzene rings is 1. The summed E-state index contributed by atoms with van der Waals surface area (Å²) >= 11 is 0. The molecule has 1 aromatic carbocycles. The minimum absolute atomic E-state index is 0.158. The molecule has 0 saturated carbocycles. The third-order valence-corrected chi connectivity index (χ3v) is 3.89. The Morgan fingerprint density at radius 3 is 2.41 bits per heavy atom. The molecule has 120 valence electrons. The fraction of sp³-hybridized carbons (Fsp3) is 0.471. The van der Waals surface area contributed by atoms with Crippen molar-refractivity contribution >= 4 is 16.9 Å². The maximum Gasteiger partial charge on any atom is 0.335 e. The smallest absolute Gasteiger partial charge is 0.335 e. The van der Waals surface area contributed by atoms with Crippen LogP contribution in [0.15, 0.2) is 18.3 Å². The molecule has 0 atom stereocenters. The van der Waals surface area contributed by atoms with E-state index in [0.717, 1.165) is 28.5 Å². The summed E-state index contributed by atoms with van der Waals surface area (Å²) in [4.78, 5) is 11.5. The van der Waals surface area contributed by atoms with Gasteiger partial charge in [0.25, 0.3) is 0 Å². The normalized spacial score (nSPS) is 12.0. The van der Waals surface area contributed by atoms with Crippen molar-refractivity contribution in [1.29, 1.82) is 0 Å². The van der Waals surface area contributed by atoms with Gasteiger partial charge in [-0.1, -0.05) is 20.8 Å². The summed E-state index contributed by atoms with van der Waals surface area (Å²) < 4.78 is 2.13. The van der Waals surface area contributed by atoms with Crippen LogP contribution in [0.2, 0.25) is 0 Å². The molecule has 0 amide bonds. The van der Waals surface area contributed by atoms with Crippen molar-refractivity contribution in [3.63, 3.8) is 0 Å². The number of rotatable bonds is 5. The van der Waals surface area contributed by atoms with Crippen molar-refractivity contribution in [3.05, 3.63) is 35.0 Å². The molecule has 1 aromatic heterocycles. The molecular weight excluding hydrogens is 278 g/mol. The van der Waals surface area contributed by atoms with Crippen LogP contribution < -0.4 is 11.5 Å². The van der Waals surface area contributed by atoms with E-state index in [1.807, 2.05) is 0 Å². The van der Waals surface area contributed by atoms with Crippen molar-refractivity contribution in [2.45, 2.75) is 39.2 Å². The lowest BCUT2D eigenvalue weighted by molar-refractivity contribution is 0.0697. The predicted octanol–water partition coefficient (Wildman–Crippen LogP) is 2.10. The quantitative estimate of drug-likeness (QED) is 0.788.